The van der Waals surface area contributed by atoms with Gasteiger partial charge < -0.3 is 5.11 Å². The average Bonchev–Trinajstić information content (AvgIpc) is 2.95. The predicted octanol–water partition coefficient (Wildman–Crippen LogP) is 3.67. The molecule has 0 aliphatic carbocycles. The molecular weight excluding hydrogens is 246 g/mol. The van der Waals surface area contributed by atoms with Crippen LogP contribution in [0.2, 0.25) is 0 Å². The van der Waals surface area contributed by atoms with Crippen LogP contribution in [0, 0.1) is 0 Å². The quantitative estimate of drug-likeness (QED) is 0.850. The van der Waals surface area contributed by atoms with Gasteiger partial charge in [0, 0.05) is 18.5 Å². The Hall–Kier alpha value is -1.80. The zero-order valence-electron chi connectivity index (χ0n) is 11.5. The number of hydrogen-bond donors (Lipinski definition) is 1. The molecule has 2 nitrogen and oxygen atoms in total. The molecule has 0 bridgehead atoms. The van der Waals surface area contributed by atoms with Crippen molar-refractivity contribution < 1.29 is 5.11 Å². The maximum Gasteiger partial charge on any atom is 0.115 e. The number of benzene rings is 2. The molecule has 4 rings (SSSR count). The first kappa shape index (κ1) is 12.0. The first-order chi connectivity index (χ1) is 9.83. The zero-order chi connectivity index (χ0) is 13.5. The van der Waals surface area contributed by atoms with E-state index < -0.39 is 0 Å². The highest BCUT2D eigenvalue weighted by atomic mass is 16.3. The lowest BCUT2D eigenvalue weighted by Gasteiger charge is -2.37. The summed E-state index contributed by atoms with van der Waals surface area (Å²) in [5.41, 5.74) is 4.16. The fourth-order valence-electron chi connectivity index (χ4n) is 3.89. The van der Waals surface area contributed by atoms with Crippen LogP contribution in [0.1, 0.15) is 41.5 Å². The van der Waals surface area contributed by atoms with Crippen LogP contribution >= 0.6 is 0 Å². The molecule has 1 N–H and O–H groups in total. The standard InChI is InChI=1S/C18H19NO/c20-14-6-3-5-13(11-14)17-12-19-10-4-9-18(19)16-8-2-1-7-15(16)17/h1-3,5-8,11,17-18,20H,4,9-10,12H2/t17-,18-/m0/s1. The third-order valence-electron chi connectivity index (χ3n) is 4.78. The van der Waals surface area contributed by atoms with Gasteiger partial charge in [0.25, 0.3) is 0 Å². The Kier molecular flexibility index (Phi) is 2.78. The van der Waals surface area contributed by atoms with Crippen molar-refractivity contribution in [3.05, 3.63) is 65.2 Å². The summed E-state index contributed by atoms with van der Waals surface area (Å²) in [6.07, 6.45) is 2.58. The van der Waals surface area contributed by atoms with Gasteiger partial charge in [0.1, 0.15) is 5.75 Å². The van der Waals surface area contributed by atoms with Gasteiger partial charge in [-0.2, -0.15) is 0 Å². The van der Waals surface area contributed by atoms with E-state index in [2.05, 4.69) is 35.2 Å². The van der Waals surface area contributed by atoms with Crippen molar-refractivity contribution >= 4 is 0 Å². The molecule has 2 atom stereocenters. The van der Waals surface area contributed by atoms with Crippen LogP contribution in [0.25, 0.3) is 0 Å². The summed E-state index contributed by atoms with van der Waals surface area (Å²) in [7, 11) is 0. The molecule has 0 aromatic heterocycles. The molecule has 102 valence electrons. The van der Waals surface area contributed by atoms with E-state index in [9.17, 15) is 5.11 Å². The number of nitrogens with zero attached hydrogens (tertiary/aromatic N) is 1. The topological polar surface area (TPSA) is 23.5 Å². The second kappa shape index (κ2) is 4.64. The number of hydrogen-bond acceptors (Lipinski definition) is 2. The fourth-order valence-corrected chi connectivity index (χ4v) is 3.89. The molecule has 2 heteroatoms. The molecular formula is C18H19NO. The summed E-state index contributed by atoms with van der Waals surface area (Å²) in [5.74, 6) is 0.746. The van der Waals surface area contributed by atoms with Crippen LogP contribution in [-0.2, 0) is 0 Å². The van der Waals surface area contributed by atoms with E-state index in [4.69, 9.17) is 0 Å². The Morgan fingerprint density at radius 3 is 2.70 bits per heavy atom. The van der Waals surface area contributed by atoms with E-state index in [1.807, 2.05) is 12.1 Å². The van der Waals surface area contributed by atoms with Crippen molar-refractivity contribution in [3.8, 4) is 5.75 Å². The van der Waals surface area contributed by atoms with Crippen molar-refractivity contribution in [2.24, 2.45) is 0 Å². The number of aromatic hydroxyl groups is 1. The zero-order valence-corrected chi connectivity index (χ0v) is 11.5. The largest absolute Gasteiger partial charge is 0.508 e. The number of phenolic OH excluding ortho intramolecular Hbond substituents is 1. The van der Waals surface area contributed by atoms with E-state index in [1.165, 1.54) is 36.1 Å². The predicted molar refractivity (Wildman–Crippen MR) is 79.9 cm³/mol. The Morgan fingerprint density at radius 2 is 1.85 bits per heavy atom. The smallest absolute Gasteiger partial charge is 0.115 e. The Labute approximate surface area is 119 Å². The summed E-state index contributed by atoms with van der Waals surface area (Å²) in [6.45, 7) is 2.28. The first-order valence-electron chi connectivity index (χ1n) is 7.45. The minimum Gasteiger partial charge on any atom is -0.508 e. The summed E-state index contributed by atoms with van der Waals surface area (Å²) >= 11 is 0. The van der Waals surface area contributed by atoms with Crippen LogP contribution < -0.4 is 0 Å². The second-order valence-corrected chi connectivity index (χ2v) is 5.93. The maximum absolute atomic E-state index is 9.77. The van der Waals surface area contributed by atoms with Gasteiger partial charge in [0.05, 0.1) is 0 Å². The van der Waals surface area contributed by atoms with E-state index in [-0.39, 0.29) is 0 Å². The third kappa shape index (κ3) is 1.83. The van der Waals surface area contributed by atoms with Crippen LogP contribution in [0.3, 0.4) is 0 Å². The summed E-state index contributed by atoms with van der Waals surface area (Å²) in [5, 5.41) is 9.77. The highest BCUT2D eigenvalue weighted by Crippen LogP contribution is 2.44. The average molecular weight is 265 g/mol. The molecule has 2 heterocycles. The molecule has 0 radical (unpaired) electrons. The van der Waals surface area contributed by atoms with Gasteiger partial charge in [-0.25, -0.2) is 0 Å². The normalized spacial score (nSPS) is 25.2. The Balaban J connectivity index is 1.83. The monoisotopic (exact) mass is 265 g/mol. The molecule has 0 spiro atoms. The molecule has 1 saturated heterocycles. The van der Waals surface area contributed by atoms with Crippen molar-refractivity contribution in [3.63, 3.8) is 0 Å². The van der Waals surface area contributed by atoms with Crippen molar-refractivity contribution in [2.45, 2.75) is 24.8 Å². The van der Waals surface area contributed by atoms with Gasteiger partial charge >= 0.3 is 0 Å². The van der Waals surface area contributed by atoms with Gasteiger partial charge in [-0.15, -0.1) is 0 Å². The van der Waals surface area contributed by atoms with Gasteiger partial charge in [0.15, 0.2) is 0 Å². The van der Waals surface area contributed by atoms with Crippen LogP contribution in [0.15, 0.2) is 48.5 Å². The van der Waals surface area contributed by atoms with Crippen molar-refractivity contribution in [1.29, 1.82) is 0 Å². The van der Waals surface area contributed by atoms with E-state index >= 15 is 0 Å². The second-order valence-electron chi connectivity index (χ2n) is 5.93. The van der Waals surface area contributed by atoms with Gasteiger partial charge in [-0.3, -0.25) is 4.90 Å². The molecule has 1 fully saturated rings. The fraction of sp³-hybridized carbons (Fsp3) is 0.333. The maximum atomic E-state index is 9.77. The highest BCUT2D eigenvalue weighted by Gasteiger charge is 2.36. The lowest BCUT2D eigenvalue weighted by molar-refractivity contribution is 0.230. The van der Waals surface area contributed by atoms with Gasteiger partial charge in [0.2, 0.25) is 0 Å². The first-order valence-corrected chi connectivity index (χ1v) is 7.45. The highest BCUT2D eigenvalue weighted by molar-refractivity contribution is 5.44. The summed E-state index contributed by atoms with van der Waals surface area (Å²) < 4.78 is 0. The molecule has 0 unspecified atom stereocenters. The molecule has 0 saturated carbocycles. The molecule has 20 heavy (non-hydrogen) atoms. The lowest BCUT2D eigenvalue weighted by atomic mass is 9.81. The molecule has 2 aromatic rings. The molecule has 2 aliphatic heterocycles. The Bertz CT molecular complexity index is 637. The van der Waals surface area contributed by atoms with E-state index in [1.54, 1.807) is 6.07 Å². The van der Waals surface area contributed by atoms with E-state index in [0.29, 0.717) is 17.7 Å². The van der Waals surface area contributed by atoms with Crippen molar-refractivity contribution in [2.75, 3.05) is 13.1 Å². The Morgan fingerprint density at radius 1 is 1.00 bits per heavy atom. The van der Waals surface area contributed by atoms with Crippen LogP contribution in [0.5, 0.6) is 5.75 Å². The molecule has 0 amide bonds. The third-order valence-corrected chi connectivity index (χ3v) is 4.78. The van der Waals surface area contributed by atoms with Gasteiger partial charge in [-0.05, 0) is 48.2 Å². The SMILES string of the molecule is Oc1cccc([C@@H]2CN3CCC[C@H]3c3ccccc32)c1. The lowest BCUT2D eigenvalue weighted by Crippen LogP contribution is -2.34. The minimum atomic E-state index is 0.364. The van der Waals surface area contributed by atoms with Crippen LogP contribution in [0.4, 0.5) is 0 Å². The van der Waals surface area contributed by atoms with Gasteiger partial charge in [-0.1, -0.05) is 36.4 Å². The number of rotatable bonds is 1. The number of phenols is 1. The molecule has 2 aliphatic rings. The summed E-state index contributed by atoms with van der Waals surface area (Å²) in [4.78, 5) is 2.61. The van der Waals surface area contributed by atoms with Crippen LogP contribution in [-0.4, -0.2) is 23.1 Å². The van der Waals surface area contributed by atoms with Crippen molar-refractivity contribution in [1.82, 2.24) is 4.90 Å². The van der Waals surface area contributed by atoms with E-state index in [0.717, 1.165) is 6.54 Å². The molecule has 2 aromatic carbocycles. The summed E-state index contributed by atoms with van der Waals surface area (Å²) in [6, 6.07) is 17.2. The minimum absolute atomic E-state index is 0.364. The number of fused-ring (bicyclic) bond motifs is 3.